The van der Waals surface area contributed by atoms with Crippen LogP contribution in [0.3, 0.4) is 0 Å². The number of rotatable bonds is 10. The predicted octanol–water partition coefficient (Wildman–Crippen LogP) is 4.17. The fraction of sp³-hybridized carbons (Fsp3) is 0.238. The number of nitrogens with zero attached hydrogens (tertiary/aromatic N) is 3. The Hall–Kier alpha value is -3.26. The topological polar surface area (TPSA) is 69.9 Å². The van der Waals surface area contributed by atoms with Crippen molar-refractivity contribution in [1.29, 1.82) is 0 Å². The lowest BCUT2D eigenvalue weighted by Crippen LogP contribution is -2.05. The van der Waals surface area contributed by atoms with Crippen LogP contribution in [0.25, 0.3) is 5.65 Å². The summed E-state index contributed by atoms with van der Waals surface area (Å²) in [5.74, 6) is 2.31. The van der Waals surface area contributed by atoms with Crippen molar-refractivity contribution in [3.63, 3.8) is 0 Å². The SMILES string of the molecule is C=C/C(OC)=C(OC)\C(=C/Cc1cnc2ccc(NCc3cccs3)nn12)OC. The van der Waals surface area contributed by atoms with Gasteiger partial charge in [0.2, 0.25) is 5.76 Å². The summed E-state index contributed by atoms with van der Waals surface area (Å²) in [6, 6.07) is 8.00. The second kappa shape index (κ2) is 9.79. The van der Waals surface area contributed by atoms with Crippen molar-refractivity contribution in [2.45, 2.75) is 13.0 Å². The number of thiophene rings is 1. The van der Waals surface area contributed by atoms with Gasteiger partial charge in [0.1, 0.15) is 5.82 Å². The molecule has 152 valence electrons. The molecule has 3 heterocycles. The van der Waals surface area contributed by atoms with E-state index in [9.17, 15) is 0 Å². The molecular weight excluding hydrogens is 388 g/mol. The third kappa shape index (κ3) is 4.78. The van der Waals surface area contributed by atoms with E-state index in [-0.39, 0.29) is 0 Å². The van der Waals surface area contributed by atoms with E-state index in [4.69, 9.17) is 14.2 Å². The quantitative estimate of drug-likeness (QED) is 0.398. The number of hydrogen-bond donors (Lipinski definition) is 1. The zero-order chi connectivity index (χ0) is 20.6. The molecule has 8 heteroatoms. The standard InChI is InChI=1S/C21H24N4O3S/c1-5-17(26-2)21(28-4)18(27-3)9-8-15-13-23-20-11-10-19(24-25(15)20)22-14-16-7-6-12-29-16/h5-7,9-13H,1,8,14H2,2-4H3,(H,22,24)/b18-9+,21-17-. The Labute approximate surface area is 173 Å². The van der Waals surface area contributed by atoms with Crippen LogP contribution in [0.5, 0.6) is 0 Å². The van der Waals surface area contributed by atoms with Crippen LogP contribution in [0, 0.1) is 0 Å². The zero-order valence-electron chi connectivity index (χ0n) is 16.7. The van der Waals surface area contributed by atoms with Crippen LogP contribution in [-0.2, 0) is 27.2 Å². The first-order valence-electron chi connectivity index (χ1n) is 8.99. The van der Waals surface area contributed by atoms with Crippen LogP contribution in [0.15, 0.2) is 71.9 Å². The number of anilines is 1. The third-order valence-corrected chi connectivity index (χ3v) is 5.11. The molecule has 0 aliphatic rings. The summed E-state index contributed by atoms with van der Waals surface area (Å²) in [7, 11) is 4.70. The molecular formula is C21H24N4O3S. The highest BCUT2D eigenvalue weighted by Crippen LogP contribution is 2.20. The average Bonchev–Trinajstić information content (AvgIpc) is 3.41. The molecule has 0 amide bonds. The van der Waals surface area contributed by atoms with Crippen molar-refractivity contribution in [3.05, 3.63) is 82.4 Å². The number of hydrogen-bond acceptors (Lipinski definition) is 7. The molecule has 0 saturated heterocycles. The molecule has 3 aromatic rings. The summed E-state index contributed by atoms with van der Waals surface area (Å²) in [6.07, 6.45) is 5.83. The molecule has 0 radical (unpaired) electrons. The summed E-state index contributed by atoms with van der Waals surface area (Å²) >= 11 is 1.71. The minimum absolute atomic E-state index is 0.477. The number of ether oxygens (including phenoxy) is 3. The van der Waals surface area contributed by atoms with Gasteiger partial charge in [0.15, 0.2) is 17.2 Å². The van der Waals surface area contributed by atoms with Crippen LogP contribution < -0.4 is 5.32 Å². The lowest BCUT2D eigenvalue weighted by atomic mass is 10.2. The molecule has 0 aliphatic carbocycles. The Morgan fingerprint density at radius 3 is 2.72 bits per heavy atom. The number of imidazole rings is 1. The maximum absolute atomic E-state index is 5.49. The largest absolute Gasteiger partial charge is 0.493 e. The minimum Gasteiger partial charge on any atom is -0.493 e. The van der Waals surface area contributed by atoms with Gasteiger partial charge in [-0.15, -0.1) is 16.4 Å². The first kappa shape index (κ1) is 20.5. The zero-order valence-corrected chi connectivity index (χ0v) is 17.5. The van der Waals surface area contributed by atoms with Crippen molar-refractivity contribution in [1.82, 2.24) is 14.6 Å². The Bertz CT molecular complexity index is 1020. The van der Waals surface area contributed by atoms with E-state index < -0.39 is 0 Å². The van der Waals surface area contributed by atoms with Gasteiger partial charge in [-0.3, -0.25) is 0 Å². The number of nitrogens with one attached hydrogen (secondary N) is 1. The van der Waals surface area contributed by atoms with E-state index in [0.29, 0.717) is 23.7 Å². The molecule has 3 rings (SSSR count). The molecule has 0 unspecified atom stereocenters. The van der Waals surface area contributed by atoms with Crippen molar-refractivity contribution >= 4 is 22.8 Å². The summed E-state index contributed by atoms with van der Waals surface area (Å²) < 4.78 is 18.0. The number of allylic oxidation sites excluding steroid dienone is 2. The molecule has 0 bridgehead atoms. The van der Waals surface area contributed by atoms with Crippen LogP contribution >= 0.6 is 11.3 Å². The van der Waals surface area contributed by atoms with Gasteiger partial charge in [-0.2, -0.15) is 0 Å². The van der Waals surface area contributed by atoms with Gasteiger partial charge in [0.25, 0.3) is 0 Å². The molecule has 0 fully saturated rings. The molecule has 29 heavy (non-hydrogen) atoms. The second-order valence-corrected chi connectivity index (χ2v) is 6.99. The number of methoxy groups -OCH3 is 3. The highest BCUT2D eigenvalue weighted by Gasteiger charge is 2.13. The second-order valence-electron chi connectivity index (χ2n) is 5.95. The van der Waals surface area contributed by atoms with Gasteiger partial charge in [0.05, 0.1) is 39.8 Å². The van der Waals surface area contributed by atoms with Crippen LogP contribution in [0.4, 0.5) is 5.82 Å². The van der Waals surface area contributed by atoms with E-state index in [1.54, 1.807) is 44.9 Å². The first-order valence-corrected chi connectivity index (χ1v) is 9.87. The molecule has 0 aliphatic heterocycles. The fourth-order valence-corrected chi connectivity index (χ4v) is 3.45. The molecule has 1 N–H and O–H groups in total. The highest BCUT2D eigenvalue weighted by molar-refractivity contribution is 7.09. The van der Waals surface area contributed by atoms with Crippen LogP contribution in [0.1, 0.15) is 10.6 Å². The maximum atomic E-state index is 5.49. The maximum Gasteiger partial charge on any atom is 0.202 e. The van der Waals surface area contributed by atoms with Gasteiger partial charge >= 0.3 is 0 Å². The third-order valence-electron chi connectivity index (χ3n) is 4.23. The molecule has 0 saturated carbocycles. The van der Waals surface area contributed by atoms with Gasteiger partial charge in [0, 0.05) is 11.3 Å². The summed E-state index contributed by atoms with van der Waals surface area (Å²) in [4.78, 5) is 5.68. The summed E-state index contributed by atoms with van der Waals surface area (Å²) in [5.41, 5.74) is 1.70. The number of fused-ring (bicyclic) bond motifs is 1. The monoisotopic (exact) mass is 412 g/mol. The molecule has 0 atom stereocenters. The highest BCUT2D eigenvalue weighted by atomic mass is 32.1. The fourth-order valence-electron chi connectivity index (χ4n) is 2.80. The van der Waals surface area contributed by atoms with E-state index in [2.05, 4.69) is 33.4 Å². The van der Waals surface area contributed by atoms with Gasteiger partial charge in [-0.1, -0.05) is 12.6 Å². The number of aromatic nitrogens is 3. The van der Waals surface area contributed by atoms with E-state index >= 15 is 0 Å². The normalized spacial score (nSPS) is 12.4. The van der Waals surface area contributed by atoms with Crippen molar-refractivity contribution < 1.29 is 14.2 Å². The van der Waals surface area contributed by atoms with E-state index in [1.165, 1.54) is 4.88 Å². The lowest BCUT2D eigenvalue weighted by molar-refractivity contribution is 0.190. The van der Waals surface area contributed by atoms with E-state index in [0.717, 1.165) is 23.7 Å². The predicted molar refractivity (Wildman–Crippen MR) is 115 cm³/mol. The Balaban J connectivity index is 1.83. The molecule has 0 spiro atoms. The Morgan fingerprint density at radius 2 is 2.07 bits per heavy atom. The van der Waals surface area contributed by atoms with Gasteiger partial charge in [-0.25, -0.2) is 9.50 Å². The van der Waals surface area contributed by atoms with Gasteiger partial charge < -0.3 is 19.5 Å². The van der Waals surface area contributed by atoms with Crippen molar-refractivity contribution in [2.75, 3.05) is 26.6 Å². The Kier molecular flexibility index (Phi) is 6.91. The van der Waals surface area contributed by atoms with Crippen LogP contribution in [-0.4, -0.2) is 35.9 Å². The van der Waals surface area contributed by atoms with Crippen molar-refractivity contribution in [3.8, 4) is 0 Å². The Morgan fingerprint density at radius 1 is 1.21 bits per heavy atom. The van der Waals surface area contributed by atoms with Crippen LogP contribution in [0.2, 0.25) is 0 Å². The smallest absolute Gasteiger partial charge is 0.202 e. The molecule has 7 nitrogen and oxygen atoms in total. The molecule has 0 aromatic carbocycles. The van der Waals surface area contributed by atoms with Gasteiger partial charge in [-0.05, 0) is 35.7 Å². The molecule has 3 aromatic heterocycles. The lowest BCUT2D eigenvalue weighted by Gasteiger charge is -2.13. The summed E-state index contributed by atoms with van der Waals surface area (Å²) in [5, 5.41) is 10.1. The first-order chi connectivity index (χ1) is 14.2. The summed E-state index contributed by atoms with van der Waals surface area (Å²) in [6.45, 7) is 4.47. The minimum atomic E-state index is 0.477. The average molecular weight is 413 g/mol. The van der Waals surface area contributed by atoms with Crippen molar-refractivity contribution in [2.24, 2.45) is 0 Å². The van der Waals surface area contributed by atoms with E-state index in [1.807, 2.05) is 28.8 Å².